The van der Waals surface area contributed by atoms with E-state index in [4.69, 9.17) is 18.0 Å². The Labute approximate surface area is 100 Å². The molecule has 1 aromatic carbocycles. The van der Waals surface area contributed by atoms with E-state index >= 15 is 0 Å². The summed E-state index contributed by atoms with van der Waals surface area (Å²) in [6, 6.07) is 7.51. The number of anilines is 1. The normalized spacial score (nSPS) is 9.56. The number of carbonyl (C=O) groups excluding carboxylic acids is 1. The average molecular weight is 237 g/mol. The lowest BCUT2D eigenvalue weighted by Gasteiger charge is -2.10. The molecule has 86 valence electrons. The lowest BCUT2D eigenvalue weighted by atomic mass is 10.1. The standard InChI is InChI=1S/C11H15N3OS/c1-13-10(15)6-7-14-9-5-3-2-4-8(9)11(12)16/h2-5,14H,6-7H2,1H3,(H2,12,16)(H,13,15). The molecule has 0 saturated carbocycles. The summed E-state index contributed by atoms with van der Waals surface area (Å²) in [6.45, 7) is 0.555. The molecule has 0 aliphatic heterocycles. The minimum absolute atomic E-state index is 0.000283. The maximum absolute atomic E-state index is 11.0. The van der Waals surface area contributed by atoms with Crippen LogP contribution >= 0.6 is 12.2 Å². The van der Waals surface area contributed by atoms with E-state index in [1.165, 1.54) is 0 Å². The number of nitrogens with one attached hydrogen (secondary N) is 2. The van der Waals surface area contributed by atoms with Gasteiger partial charge in [0.25, 0.3) is 0 Å². The zero-order valence-electron chi connectivity index (χ0n) is 9.12. The second kappa shape index (κ2) is 6.07. The monoisotopic (exact) mass is 237 g/mol. The summed E-state index contributed by atoms with van der Waals surface area (Å²) in [6.07, 6.45) is 0.419. The van der Waals surface area contributed by atoms with Crippen molar-refractivity contribution in [3.63, 3.8) is 0 Å². The Morgan fingerprint density at radius 1 is 1.44 bits per heavy atom. The topological polar surface area (TPSA) is 67.2 Å². The molecule has 1 aromatic rings. The molecule has 0 radical (unpaired) electrons. The second-order valence-electron chi connectivity index (χ2n) is 3.26. The molecule has 0 heterocycles. The van der Waals surface area contributed by atoms with E-state index in [1.807, 2.05) is 24.3 Å². The predicted molar refractivity (Wildman–Crippen MR) is 69.5 cm³/mol. The van der Waals surface area contributed by atoms with Crippen molar-refractivity contribution in [1.29, 1.82) is 0 Å². The third-order valence-electron chi connectivity index (χ3n) is 2.14. The molecule has 0 fully saturated rings. The molecule has 0 aliphatic carbocycles. The smallest absolute Gasteiger partial charge is 0.221 e. The Kier molecular flexibility index (Phi) is 4.72. The van der Waals surface area contributed by atoms with Crippen molar-refractivity contribution in [3.05, 3.63) is 29.8 Å². The highest BCUT2D eigenvalue weighted by Gasteiger charge is 2.04. The van der Waals surface area contributed by atoms with E-state index < -0.39 is 0 Å². The molecule has 5 heteroatoms. The molecule has 0 aromatic heterocycles. The van der Waals surface area contributed by atoms with Crippen molar-refractivity contribution in [3.8, 4) is 0 Å². The van der Waals surface area contributed by atoms with Gasteiger partial charge in [-0.15, -0.1) is 0 Å². The molecule has 0 aliphatic rings. The largest absolute Gasteiger partial charge is 0.389 e. The van der Waals surface area contributed by atoms with Gasteiger partial charge in [-0.2, -0.15) is 0 Å². The number of carbonyl (C=O) groups is 1. The first-order chi connectivity index (χ1) is 7.65. The van der Waals surface area contributed by atoms with Gasteiger partial charge in [-0.05, 0) is 12.1 Å². The van der Waals surface area contributed by atoms with Crippen molar-refractivity contribution in [2.75, 3.05) is 18.9 Å². The van der Waals surface area contributed by atoms with Gasteiger partial charge in [0.2, 0.25) is 5.91 Å². The summed E-state index contributed by atoms with van der Waals surface area (Å²) >= 11 is 4.93. The maximum atomic E-state index is 11.0. The van der Waals surface area contributed by atoms with Crippen LogP contribution in [0.5, 0.6) is 0 Å². The van der Waals surface area contributed by atoms with Gasteiger partial charge in [0.05, 0.1) is 0 Å². The second-order valence-corrected chi connectivity index (χ2v) is 3.70. The summed E-state index contributed by atoms with van der Waals surface area (Å²) < 4.78 is 0. The van der Waals surface area contributed by atoms with Crippen LogP contribution in [0.2, 0.25) is 0 Å². The summed E-state index contributed by atoms with van der Waals surface area (Å²) in [5.41, 5.74) is 7.24. The number of thiocarbonyl (C=S) groups is 1. The first kappa shape index (κ1) is 12.4. The van der Waals surface area contributed by atoms with Gasteiger partial charge in [-0.3, -0.25) is 4.79 Å². The van der Waals surface area contributed by atoms with Gasteiger partial charge in [-0.25, -0.2) is 0 Å². The van der Waals surface area contributed by atoms with Gasteiger partial charge in [0, 0.05) is 31.3 Å². The van der Waals surface area contributed by atoms with Crippen molar-refractivity contribution < 1.29 is 4.79 Å². The lowest BCUT2D eigenvalue weighted by Crippen LogP contribution is -2.21. The Morgan fingerprint density at radius 3 is 2.75 bits per heavy atom. The molecule has 4 N–H and O–H groups in total. The summed E-state index contributed by atoms with van der Waals surface area (Å²) in [5, 5.41) is 5.69. The predicted octanol–water partition coefficient (Wildman–Crippen LogP) is 0.869. The Morgan fingerprint density at radius 2 is 2.12 bits per heavy atom. The van der Waals surface area contributed by atoms with Crippen molar-refractivity contribution in [2.24, 2.45) is 5.73 Å². The van der Waals surface area contributed by atoms with E-state index in [9.17, 15) is 4.79 Å². The number of hydrogen-bond donors (Lipinski definition) is 3. The quantitative estimate of drug-likeness (QED) is 0.665. The van der Waals surface area contributed by atoms with Gasteiger partial charge in [-0.1, -0.05) is 24.4 Å². The summed E-state index contributed by atoms with van der Waals surface area (Å²) in [7, 11) is 1.62. The van der Waals surface area contributed by atoms with Crippen molar-refractivity contribution in [1.82, 2.24) is 5.32 Å². The molecule has 0 saturated heterocycles. The molecule has 1 amide bonds. The fraction of sp³-hybridized carbons (Fsp3) is 0.273. The molecular weight excluding hydrogens is 222 g/mol. The fourth-order valence-electron chi connectivity index (χ4n) is 1.29. The Balaban J connectivity index is 2.60. The Hall–Kier alpha value is -1.62. The fourth-order valence-corrected chi connectivity index (χ4v) is 1.47. The third-order valence-corrected chi connectivity index (χ3v) is 2.36. The maximum Gasteiger partial charge on any atom is 0.221 e. The van der Waals surface area contributed by atoms with Crippen LogP contribution in [0.25, 0.3) is 0 Å². The first-order valence-electron chi connectivity index (χ1n) is 4.98. The van der Waals surface area contributed by atoms with Crippen LogP contribution in [-0.4, -0.2) is 24.5 Å². The van der Waals surface area contributed by atoms with Gasteiger partial charge in [0.1, 0.15) is 4.99 Å². The van der Waals surface area contributed by atoms with Gasteiger partial charge < -0.3 is 16.4 Å². The molecule has 0 spiro atoms. The third kappa shape index (κ3) is 3.51. The van der Waals surface area contributed by atoms with Crippen LogP contribution < -0.4 is 16.4 Å². The summed E-state index contributed by atoms with van der Waals surface area (Å²) in [4.78, 5) is 11.4. The highest BCUT2D eigenvalue weighted by atomic mass is 32.1. The lowest BCUT2D eigenvalue weighted by molar-refractivity contribution is -0.120. The number of rotatable bonds is 5. The zero-order valence-corrected chi connectivity index (χ0v) is 9.93. The summed E-state index contributed by atoms with van der Waals surface area (Å²) in [5.74, 6) is 0.000283. The molecule has 16 heavy (non-hydrogen) atoms. The van der Waals surface area contributed by atoms with Crippen molar-refractivity contribution in [2.45, 2.75) is 6.42 Å². The molecule has 0 atom stereocenters. The van der Waals surface area contributed by atoms with Gasteiger partial charge >= 0.3 is 0 Å². The van der Waals surface area contributed by atoms with Crippen LogP contribution in [-0.2, 0) is 4.79 Å². The van der Waals surface area contributed by atoms with E-state index in [2.05, 4.69) is 10.6 Å². The van der Waals surface area contributed by atoms with E-state index in [0.29, 0.717) is 18.0 Å². The van der Waals surface area contributed by atoms with Crippen molar-refractivity contribution >= 4 is 28.8 Å². The number of nitrogens with two attached hydrogens (primary N) is 1. The van der Waals surface area contributed by atoms with Crippen LogP contribution in [0.3, 0.4) is 0 Å². The number of hydrogen-bond acceptors (Lipinski definition) is 3. The molecule has 0 unspecified atom stereocenters. The highest BCUT2D eigenvalue weighted by molar-refractivity contribution is 7.80. The first-order valence-corrected chi connectivity index (χ1v) is 5.39. The number of amides is 1. The highest BCUT2D eigenvalue weighted by Crippen LogP contribution is 2.14. The zero-order chi connectivity index (χ0) is 12.0. The van der Waals surface area contributed by atoms with Crippen LogP contribution in [0.15, 0.2) is 24.3 Å². The Bertz CT molecular complexity index is 393. The molecule has 4 nitrogen and oxygen atoms in total. The van der Waals surface area contributed by atoms with E-state index in [1.54, 1.807) is 7.05 Å². The number of benzene rings is 1. The van der Waals surface area contributed by atoms with Crippen LogP contribution in [0, 0.1) is 0 Å². The number of para-hydroxylation sites is 1. The van der Waals surface area contributed by atoms with E-state index in [-0.39, 0.29) is 5.91 Å². The van der Waals surface area contributed by atoms with Gasteiger partial charge in [0.15, 0.2) is 0 Å². The van der Waals surface area contributed by atoms with E-state index in [0.717, 1.165) is 11.3 Å². The SMILES string of the molecule is CNC(=O)CCNc1ccccc1C(N)=S. The minimum Gasteiger partial charge on any atom is -0.389 e. The van der Waals surface area contributed by atoms with Crippen LogP contribution in [0.1, 0.15) is 12.0 Å². The minimum atomic E-state index is 0.000283. The van der Waals surface area contributed by atoms with Crippen LogP contribution in [0.4, 0.5) is 5.69 Å². The molecule has 0 bridgehead atoms. The molecule has 1 rings (SSSR count). The average Bonchev–Trinajstić information content (AvgIpc) is 2.29. The molecular formula is C11H15N3OS.